The zero-order valence-electron chi connectivity index (χ0n) is 17.6. The van der Waals surface area contributed by atoms with Gasteiger partial charge in [0.05, 0.1) is 27.1 Å². The maximum atomic E-state index is 12.9. The number of nitrogens with one attached hydrogen (secondary N) is 1. The number of nitro benzene ring substituents is 1. The quantitative estimate of drug-likeness (QED) is 0.273. The van der Waals surface area contributed by atoms with Gasteiger partial charge in [0.1, 0.15) is 0 Å². The molecule has 14 heteroatoms. The number of methoxy groups -OCH3 is 1. The Morgan fingerprint density at radius 2 is 1.84 bits per heavy atom. The Morgan fingerprint density at radius 3 is 2.34 bits per heavy atom. The Labute approximate surface area is 241 Å². The molecule has 0 saturated carbocycles. The van der Waals surface area contributed by atoms with Crippen LogP contribution >= 0.6 is 27.5 Å². The van der Waals surface area contributed by atoms with E-state index in [9.17, 15) is 28.4 Å². The Morgan fingerprint density at radius 1 is 1.25 bits per heavy atom. The van der Waals surface area contributed by atoms with Crippen LogP contribution in [0.2, 0.25) is 5.02 Å². The second-order valence-electron chi connectivity index (χ2n) is 6.09. The Balaban J connectivity index is 0.00000512. The summed E-state index contributed by atoms with van der Waals surface area (Å²) >= 11 is 8.96. The van der Waals surface area contributed by atoms with Crippen molar-refractivity contribution in [2.75, 3.05) is 25.5 Å². The molecule has 168 valence electrons. The summed E-state index contributed by atoms with van der Waals surface area (Å²) in [6.45, 7) is 3.87. The first-order chi connectivity index (χ1) is 14.5. The van der Waals surface area contributed by atoms with E-state index in [1.165, 1.54) is 23.5 Å². The fraction of sp³-hybridized carbons (Fsp3) is 0.278. The molecule has 0 radical (unpaired) electrons. The number of nitro groups is 1. The predicted octanol–water partition coefficient (Wildman–Crippen LogP) is 0.380. The van der Waals surface area contributed by atoms with Gasteiger partial charge in [0.15, 0.2) is 5.75 Å². The molecule has 0 aliphatic heterocycles. The molecule has 0 aromatic heterocycles. The Hall–Kier alpha value is -0.774. The maximum absolute atomic E-state index is 12.9. The zero-order chi connectivity index (χ0) is 23.5. The van der Waals surface area contributed by atoms with Gasteiger partial charge in [-0.05, 0) is 39.9 Å². The van der Waals surface area contributed by atoms with Crippen molar-refractivity contribution in [2.45, 2.75) is 18.7 Å². The summed E-state index contributed by atoms with van der Waals surface area (Å²) in [6.07, 6.45) is 0. The maximum Gasteiger partial charge on any atom is 1.00 e. The van der Waals surface area contributed by atoms with Gasteiger partial charge in [-0.1, -0.05) is 25.4 Å². The number of carbonyl (C=O) groups excluding carboxylic acids is 1. The number of nitrogens with zero attached hydrogens (tertiary/aromatic N) is 2. The molecule has 0 spiro atoms. The summed E-state index contributed by atoms with van der Waals surface area (Å²) < 4.78 is 32.5. The number of amides is 1. The van der Waals surface area contributed by atoms with Crippen molar-refractivity contribution in [3.63, 3.8) is 0 Å². The monoisotopic (exact) mass is 573 g/mol. The summed E-state index contributed by atoms with van der Waals surface area (Å²) in [5, 5.41) is 24.8. The number of hydrogen-bond donors (Lipinski definition) is 1. The summed E-state index contributed by atoms with van der Waals surface area (Å²) in [6, 6.07) is 4.34. The van der Waals surface area contributed by atoms with Crippen LogP contribution in [-0.4, -0.2) is 43.8 Å². The molecule has 0 bridgehead atoms. The van der Waals surface area contributed by atoms with Crippen LogP contribution in [0.4, 0.5) is 11.4 Å². The van der Waals surface area contributed by atoms with Crippen LogP contribution in [-0.2, 0) is 10.0 Å². The fourth-order valence-electron chi connectivity index (χ4n) is 2.77. The third-order valence-corrected chi connectivity index (χ3v) is 7.19. The molecule has 0 saturated heterocycles. The minimum atomic E-state index is -3.86. The predicted molar refractivity (Wildman–Crippen MR) is 116 cm³/mol. The average molecular weight is 575 g/mol. The topological polar surface area (TPSA) is 142 Å². The van der Waals surface area contributed by atoms with Crippen LogP contribution in [0.1, 0.15) is 24.2 Å². The molecular weight excluding hydrogens is 557 g/mol. The van der Waals surface area contributed by atoms with Gasteiger partial charge in [0, 0.05) is 29.7 Å². The SMILES string of the molecule is CCN(CC)S(=O)(=O)c1cc(Br)c(OC)c(NC(=O)c2cc(Cl)c([O-])c([N+](=O)[O-])c2)c1.[K+]. The molecule has 2 aromatic rings. The third-order valence-electron chi connectivity index (χ3n) is 4.30. The van der Waals surface area contributed by atoms with Gasteiger partial charge >= 0.3 is 51.4 Å². The van der Waals surface area contributed by atoms with Crippen molar-refractivity contribution < 1.29 is 79.4 Å². The van der Waals surface area contributed by atoms with Crippen molar-refractivity contribution in [3.8, 4) is 11.5 Å². The van der Waals surface area contributed by atoms with Gasteiger partial charge in [0.2, 0.25) is 10.0 Å². The number of carbonyl (C=O) groups is 1. The number of anilines is 1. The number of benzene rings is 2. The van der Waals surface area contributed by atoms with E-state index in [2.05, 4.69) is 21.2 Å². The van der Waals surface area contributed by atoms with Crippen LogP contribution < -0.4 is 66.5 Å². The number of rotatable bonds is 8. The molecule has 32 heavy (non-hydrogen) atoms. The first-order valence-corrected chi connectivity index (χ1v) is 11.4. The van der Waals surface area contributed by atoms with E-state index in [0.29, 0.717) is 0 Å². The van der Waals surface area contributed by atoms with Crippen LogP contribution in [0.25, 0.3) is 0 Å². The van der Waals surface area contributed by atoms with Gasteiger partial charge in [-0.2, -0.15) is 4.31 Å². The van der Waals surface area contributed by atoms with Gasteiger partial charge in [-0.3, -0.25) is 14.9 Å². The molecule has 2 rings (SSSR count). The van der Waals surface area contributed by atoms with E-state index in [-0.39, 0.29) is 90.8 Å². The number of sulfonamides is 1. The summed E-state index contributed by atoms with van der Waals surface area (Å²) in [5.74, 6) is -1.74. The van der Waals surface area contributed by atoms with E-state index in [1.54, 1.807) is 13.8 Å². The molecule has 1 amide bonds. The minimum absolute atomic E-state index is 0. The van der Waals surface area contributed by atoms with Gasteiger partial charge in [0.25, 0.3) is 11.6 Å². The van der Waals surface area contributed by atoms with Crippen molar-refractivity contribution in [2.24, 2.45) is 0 Å². The molecule has 0 atom stereocenters. The van der Waals surface area contributed by atoms with E-state index in [4.69, 9.17) is 16.3 Å². The molecule has 0 heterocycles. The van der Waals surface area contributed by atoms with E-state index >= 15 is 0 Å². The van der Waals surface area contributed by atoms with E-state index in [1.807, 2.05) is 0 Å². The van der Waals surface area contributed by atoms with Crippen molar-refractivity contribution in [1.29, 1.82) is 0 Å². The number of hydrogen-bond acceptors (Lipinski definition) is 7. The smallest absolute Gasteiger partial charge is 0.867 e. The van der Waals surface area contributed by atoms with Crippen LogP contribution in [0.3, 0.4) is 0 Å². The normalized spacial score (nSPS) is 11.1. The third kappa shape index (κ3) is 6.21. The zero-order valence-corrected chi connectivity index (χ0v) is 23.9. The molecule has 0 aliphatic rings. The van der Waals surface area contributed by atoms with Crippen LogP contribution in [0, 0.1) is 10.1 Å². The number of ether oxygens (including phenoxy) is 1. The molecule has 2 aromatic carbocycles. The standard InChI is InChI=1S/C18H19BrClN3O7S.K/c1-4-22(5-2)31(28,29)11-8-12(19)17(30-3)14(9-11)21-18(25)10-6-13(20)16(24)15(7-10)23(26)27;/h6-9,24H,4-5H2,1-3H3,(H,21,25);/q;+1/p-1. The van der Waals surface area contributed by atoms with Gasteiger partial charge < -0.3 is 15.2 Å². The van der Waals surface area contributed by atoms with Crippen LogP contribution in [0.15, 0.2) is 33.6 Å². The molecular formula is C18H18BrClKN3O7S. The molecule has 0 unspecified atom stereocenters. The molecule has 1 N–H and O–H groups in total. The van der Waals surface area contributed by atoms with E-state index < -0.39 is 37.3 Å². The van der Waals surface area contributed by atoms with Crippen LogP contribution in [0.5, 0.6) is 11.5 Å². The molecule has 0 aliphatic carbocycles. The summed E-state index contributed by atoms with van der Waals surface area (Å²) in [7, 11) is -2.54. The first kappa shape index (κ1) is 29.3. The van der Waals surface area contributed by atoms with Gasteiger partial charge in [-0.25, -0.2) is 8.42 Å². The van der Waals surface area contributed by atoms with Gasteiger partial charge in [-0.15, -0.1) is 0 Å². The average Bonchev–Trinajstić information content (AvgIpc) is 2.70. The Kier molecular flexibility index (Phi) is 11.0. The van der Waals surface area contributed by atoms with Crippen molar-refractivity contribution in [3.05, 3.63) is 49.4 Å². The fourth-order valence-corrected chi connectivity index (χ4v) is 5.27. The first-order valence-electron chi connectivity index (χ1n) is 8.81. The second kappa shape index (κ2) is 12.1. The van der Waals surface area contributed by atoms with E-state index in [0.717, 1.165) is 12.1 Å². The largest absolute Gasteiger partial charge is 1.00 e. The minimum Gasteiger partial charge on any atom is -0.867 e. The molecule has 0 fully saturated rings. The van der Waals surface area contributed by atoms with Crippen molar-refractivity contribution >= 4 is 54.8 Å². The molecule has 10 nitrogen and oxygen atoms in total. The Bertz CT molecular complexity index is 1140. The number of halogens is 2. The second-order valence-corrected chi connectivity index (χ2v) is 9.29. The van der Waals surface area contributed by atoms with Crippen molar-refractivity contribution in [1.82, 2.24) is 4.31 Å². The summed E-state index contributed by atoms with van der Waals surface area (Å²) in [5.41, 5.74) is -1.12. The summed E-state index contributed by atoms with van der Waals surface area (Å²) in [4.78, 5) is 22.7.